The van der Waals surface area contributed by atoms with Gasteiger partial charge < -0.3 is 15.0 Å². The number of likely N-dealkylation sites (tertiary alicyclic amines) is 2. The molecule has 2 aliphatic heterocycles. The van der Waals surface area contributed by atoms with Crippen molar-refractivity contribution in [1.29, 1.82) is 0 Å². The van der Waals surface area contributed by atoms with Gasteiger partial charge in [-0.15, -0.1) is 0 Å². The van der Waals surface area contributed by atoms with Crippen LogP contribution < -0.4 is 10.0 Å². The van der Waals surface area contributed by atoms with Gasteiger partial charge >= 0.3 is 6.09 Å². The topological polar surface area (TPSA) is 108 Å². The van der Waals surface area contributed by atoms with Gasteiger partial charge in [-0.3, -0.25) is 9.69 Å². The maximum absolute atomic E-state index is 14.0. The van der Waals surface area contributed by atoms with Gasteiger partial charge in [-0.1, -0.05) is 18.2 Å². The fraction of sp³-hybridized carbons (Fsp3) is 0.680. The van der Waals surface area contributed by atoms with Gasteiger partial charge in [-0.2, -0.15) is 0 Å². The normalized spacial score (nSPS) is 21.6. The van der Waals surface area contributed by atoms with Crippen LogP contribution >= 0.6 is 0 Å². The van der Waals surface area contributed by atoms with Crippen molar-refractivity contribution in [2.75, 3.05) is 32.7 Å². The first-order valence-electron chi connectivity index (χ1n) is 12.7. The van der Waals surface area contributed by atoms with Crippen LogP contribution in [-0.4, -0.2) is 86.5 Å². The highest BCUT2D eigenvalue weighted by atomic mass is 32.2. The van der Waals surface area contributed by atoms with Crippen LogP contribution in [-0.2, 0) is 19.6 Å². The predicted octanol–water partition coefficient (Wildman–Crippen LogP) is 2.97. The molecule has 3 rings (SSSR count). The lowest BCUT2D eigenvalue weighted by atomic mass is 10.0. The average molecular weight is 545 g/mol. The SMILES string of the molecule is CC(C)(C)OC(=O)N[C@@H](CCN1CCC[C@H]1CNS(=O)(=O)c1ccccc1)CN1CC(F)(F)CCC1=O. The van der Waals surface area contributed by atoms with E-state index in [-0.39, 0.29) is 36.4 Å². The molecule has 2 heterocycles. The van der Waals surface area contributed by atoms with Crippen LogP contribution in [0.2, 0.25) is 0 Å². The van der Waals surface area contributed by atoms with E-state index >= 15 is 0 Å². The quantitative estimate of drug-likeness (QED) is 0.469. The zero-order chi connectivity index (χ0) is 27.3. The Balaban J connectivity index is 1.61. The molecule has 1 aromatic carbocycles. The molecule has 2 N–H and O–H groups in total. The number of alkyl carbamates (subject to hydrolysis) is 1. The summed E-state index contributed by atoms with van der Waals surface area (Å²) in [5.41, 5.74) is -0.738. The standard InChI is InChI=1S/C25H38F2N4O5S/c1-24(2,3)36-23(33)29-19(17-31-18-25(26,27)13-11-22(31)32)12-15-30-14-7-8-20(30)16-28-37(34,35)21-9-5-4-6-10-21/h4-6,9-10,19-20,28H,7-8,11-18H2,1-3H3,(H,29,33)/t19-,20-/m0/s1. The molecule has 0 aromatic heterocycles. The van der Waals surface area contributed by atoms with Crippen molar-refractivity contribution >= 4 is 22.0 Å². The lowest BCUT2D eigenvalue weighted by molar-refractivity contribution is -0.147. The first-order valence-corrected chi connectivity index (χ1v) is 14.2. The van der Waals surface area contributed by atoms with E-state index in [1.54, 1.807) is 39.0 Å². The lowest BCUT2D eigenvalue weighted by Crippen LogP contribution is -2.53. The number of hydrogen-bond donors (Lipinski definition) is 2. The summed E-state index contributed by atoms with van der Waals surface area (Å²) >= 11 is 0. The van der Waals surface area contributed by atoms with Crippen LogP contribution in [0.4, 0.5) is 13.6 Å². The molecule has 0 spiro atoms. The molecule has 2 saturated heterocycles. The Morgan fingerprint density at radius 2 is 1.95 bits per heavy atom. The van der Waals surface area contributed by atoms with Crippen molar-refractivity contribution in [2.45, 2.75) is 81.4 Å². The molecule has 0 aliphatic carbocycles. The number of carbonyl (C=O) groups is 2. The summed E-state index contributed by atoms with van der Waals surface area (Å²) < 4.78 is 61.2. The Kier molecular flexibility index (Phi) is 9.52. The third kappa shape index (κ3) is 9.19. The van der Waals surface area contributed by atoms with E-state index in [1.165, 1.54) is 12.1 Å². The fourth-order valence-corrected chi connectivity index (χ4v) is 5.74. The van der Waals surface area contributed by atoms with Crippen LogP contribution in [0, 0.1) is 0 Å². The molecule has 208 valence electrons. The molecule has 0 saturated carbocycles. The predicted molar refractivity (Wildman–Crippen MR) is 135 cm³/mol. The molecule has 9 nitrogen and oxygen atoms in total. The summed E-state index contributed by atoms with van der Waals surface area (Å²) in [5.74, 6) is -3.32. The number of benzene rings is 1. The van der Waals surface area contributed by atoms with Crippen LogP contribution in [0.3, 0.4) is 0 Å². The first-order chi connectivity index (χ1) is 17.2. The van der Waals surface area contributed by atoms with E-state index in [4.69, 9.17) is 4.74 Å². The van der Waals surface area contributed by atoms with Crippen molar-refractivity contribution in [3.63, 3.8) is 0 Å². The number of halogens is 2. The third-order valence-electron chi connectivity index (χ3n) is 6.47. The molecule has 0 bridgehead atoms. The molecule has 2 atom stereocenters. The first kappa shape index (κ1) is 29.2. The maximum Gasteiger partial charge on any atom is 0.407 e. The number of rotatable bonds is 10. The summed E-state index contributed by atoms with van der Waals surface area (Å²) in [6, 6.07) is 7.50. The van der Waals surface area contributed by atoms with Gasteiger partial charge in [0.15, 0.2) is 0 Å². The van der Waals surface area contributed by atoms with Crippen LogP contribution in [0.25, 0.3) is 0 Å². The highest BCUT2D eigenvalue weighted by Crippen LogP contribution is 2.27. The number of piperidine rings is 1. The number of ether oxygens (including phenoxy) is 1. The molecule has 37 heavy (non-hydrogen) atoms. The number of amides is 2. The van der Waals surface area contributed by atoms with Gasteiger partial charge in [-0.05, 0) is 58.7 Å². The molecule has 0 radical (unpaired) electrons. The number of sulfonamides is 1. The minimum atomic E-state index is -3.64. The Morgan fingerprint density at radius 3 is 2.62 bits per heavy atom. The van der Waals surface area contributed by atoms with Crippen molar-refractivity contribution in [3.8, 4) is 0 Å². The van der Waals surface area contributed by atoms with Gasteiger partial charge in [0.25, 0.3) is 5.92 Å². The summed E-state index contributed by atoms with van der Waals surface area (Å²) in [7, 11) is -3.64. The van der Waals surface area contributed by atoms with Crippen molar-refractivity contribution in [3.05, 3.63) is 30.3 Å². The molecule has 2 aliphatic rings. The van der Waals surface area contributed by atoms with E-state index in [2.05, 4.69) is 14.9 Å². The van der Waals surface area contributed by atoms with Gasteiger partial charge in [0, 0.05) is 38.5 Å². The molecule has 12 heteroatoms. The smallest absolute Gasteiger partial charge is 0.407 e. The molecule has 2 fully saturated rings. The van der Waals surface area contributed by atoms with E-state index < -0.39 is 46.6 Å². The van der Waals surface area contributed by atoms with E-state index in [1.807, 2.05) is 0 Å². The minimum Gasteiger partial charge on any atom is -0.444 e. The molecule has 2 amide bonds. The summed E-state index contributed by atoms with van der Waals surface area (Å²) in [6.45, 7) is 5.93. The second-order valence-corrected chi connectivity index (χ2v) is 12.5. The molecule has 1 aromatic rings. The largest absolute Gasteiger partial charge is 0.444 e. The summed E-state index contributed by atoms with van der Waals surface area (Å²) in [6.07, 6.45) is 0.693. The van der Waals surface area contributed by atoms with Gasteiger partial charge in [0.05, 0.1) is 17.5 Å². The number of nitrogens with one attached hydrogen (secondary N) is 2. The highest BCUT2D eigenvalue weighted by Gasteiger charge is 2.40. The van der Waals surface area contributed by atoms with E-state index in [0.29, 0.717) is 13.0 Å². The second-order valence-electron chi connectivity index (χ2n) is 10.8. The number of alkyl halides is 2. The average Bonchev–Trinajstić information content (AvgIpc) is 3.25. The Bertz CT molecular complexity index is 1030. The zero-order valence-corrected chi connectivity index (χ0v) is 22.5. The van der Waals surface area contributed by atoms with Crippen molar-refractivity contribution in [1.82, 2.24) is 19.8 Å². The van der Waals surface area contributed by atoms with Gasteiger partial charge in [0.1, 0.15) is 5.60 Å². The van der Waals surface area contributed by atoms with E-state index in [9.17, 15) is 26.8 Å². The highest BCUT2D eigenvalue weighted by molar-refractivity contribution is 7.89. The molecule has 0 unspecified atom stereocenters. The number of carbonyl (C=O) groups excluding carboxylic acids is 2. The van der Waals surface area contributed by atoms with Gasteiger partial charge in [0.2, 0.25) is 15.9 Å². The van der Waals surface area contributed by atoms with Crippen molar-refractivity contribution in [2.24, 2.45) is 0 Å². The number of nitrogens with zero attached hydrogens (tertiary/aromatic N) is 2. The Hall–Kier alpha value is -2.31. The van der Waals surface area contributed by atoms with Crippen molar-refractivity contribution < 1.29 is 31.5 Å². The monoisotopic (exact) mass is 544 g/mol. The maximum atomic E-state index is 14.0. The molecular weight excluding hydrogens is 506 g/mol. The van der Waals surface area contributed by atoms with E-state index in [0.717, 1.165) is 24.3 Å². The van der Waals surface area contributed by atoms with Crippen LogP contribution in [0.1, 0.15) is 52.9 Å². The zero-order valence-electron chi connectivity index (χ0n) is 21.7. The molecular formula is C25H38F2N4O5S. The third-order valence-corrected chi connectivity index (χ3v) is 7.91. The Labute approximate surface area is 218 Å². The minimum absolute atomic E-state index is 0.0402. The fourth-order valence-electron chi connectivity index (χ4n) is 4.64. The van der Waals surface area contributed by atoms with Crippen LogP contribution in [0.15, 0.2) is 35.2 Å². The summed E-state index contributed by atoms with van der Waals surface area (Å²) in [4.78, 5) is 28.2. The van der Waals surface area contributed by atoms with Gasteiger partial charge in [-0.25, -0.2) is 26.7 Å². The lowest BCUT2D eigenvalue weighted by Gasteiger charge is -2.35. The number of hydrogen-bond acceptors (Lipinski definition) is 6. The van der Waals surface area contributed by atoms with Crippen LogP contribution in [0.5, 0.6) is 0 Å². The summed E-state index contributed by atoms with van der Waals surface area (Å²) in [5, 5.41) is 2.75. The second kappa shape index (κ2) is 12.0. The Morgan fingerprint density at radius 1 is 1.24 bits per heavy atom.